The molecule has 0 bridgehead atoms. The van der Waals surface area contributed by atoms with Crippen molar-refractivity contribution < 1.29 is 0 Å². The van der Waals surface area contributed by atoms with Gasteiger partial charge in [-0.25, -0.2) is 0 Å². The number of hydrogen-bond acceptors (Lipinski definition) is 0. The molecule has 1 aliphatic carbocycles. The van der Waals surface area contributed by atoms with E-state index in [-0.39, 0.29) is 0 Å². The fraction of sp³-hybridized carbons (Fsp3) is 0.455. The van der Waals surface area contributed by atoms with Crippen LogP contribution in [0.1, 0.15) is 31.2 Å². The molecule has 1 heteroatoms. The summed E-state index contributed by atoms with van der Waals surface area (Å²) in [7, 11) is 0. The second kappa shape index (κ2) is 3.10. The summed E-state index contributed by atoms with van der Waals surface area (Å²) < 4.78 is 0. The zero-order valence-electron chi connectivity index (χ0n) is 7.26. The quantitative estimate of drug-likeness (QED) is 0.616. The Morgan fingerprint density at radius 3 is 2.50 bits per heavy atom. The van der Waals surface area contributed by atoms with Crippen LogP contribution in [0.25, 0.3) is 0 Å². The van der Waals surface area contributed by atoms with E-state index in [4.69, 9.17) is 11.6 Å². The van der Waals surface area contributed by atoms with E-state index in [1.165, 1.54) is 18.4 Å². The van der Waals surface area contributed by atoms with Gasteiger partial charge >= 0.3 is 0 Å². The molecule has 12 heavy (non-hydrogen) atoms. The molecular weight excluding hydrogens is 168 g/mol. The Morgan fingerprint density at radius 2 is 2.00 bits per heavy atom. The Hall–Kier alpha value is -0.490. The summed E-state index contributed by atoms with van der Waals surface area (Å²) in [5.74, 6) is 1.54. The Morgan fingerprint density at radius 1 is 1.25 bits per heavy atom. The monoisotopic (exact) mass is 180 g/mol. The van der Waals surface area contributed by atoms with Gasteiger partial charge in [-0.05, 0) is 36.3 Å². The van der Waals surface area contributed by atoms with Crippen molar-refractivity contribution in [1.29, 1.82) is 0 Å². The Bertz CT molecular complexity index is 280. The Balaban J connectivity index is 2.27. The molecule has 0 nitrogen and oxygen atoms in total. The highest BCUT2D eigenvalue weighted by atomic mass is 35.5. The van der Waals surface area contributed by atoms with Gasteiger partial charge in [0, 0.05) is 5.02 Å². The van der Waals surface area contributed by atoms with Crippen LogP contribution in [0.5, 0.6) is 0 Å². The van der Waals surface area contributed by atoms with Gasteiger partial charge in [-0.15, -0.1) is 0 Å². The van der Waals surface area contributed by atoms with Crippen molar-refractivity contribution in [3.05, 3.63) is 34.9 Å². The molecular formula is C11H13Cl. The Kier molecular flexibility index (Phi) is 2.10. The van der Waals surface area contributed by atoms with Crippen LogP contribution in [-0.4, -0.2) is 0 Å². The van der Waals surface area contributed by atoms with Gasteiger partial charge in [0.1, 0.15) is 0 Å². The molecule has 2 unspecified atom stereocenters. The predicted octanol–water partition coefficient (Wildman–Crippen LogP) is 3.85. The summed E-state index contributed by atoms with van der Waals surface area (Å²) in [6.07, 6.45) is 2.67. The lowest BCUT2D eigenvalue weighted by Crippen LogP contribution is -2.20. The zero-order valence-corrected chi connectivity index (χ0v) is 8.01. The van der Waals surface area contributed by atoms with Crippen molar-refractivity contribution in [3.8, 4) is 0 Å². The topological polar surface area (TPSA) is 0 Å². The fourth-order valence-corrected chi connectivity index (χ4v) is 2.18. The number of rotatable bonds is 1. The van der Waals surface area contributed by atoms with Crippen LogP contribution in [0.4, 0.5) is 0 Å². The van der Waals surface area contributed by atoms with Gasteiger partial charge in [-0.3, -0.25) is 0 Å². The largest absolute Gasteiger partial charge is 0.0840 e. The van der Waals surface area contributed by atoms with Crippen LogP contribution in [0.2, 0.25) is 5.02 Å². The normalized spacial score (nSPS) is 28.2. The van der Waals surface area contributed by atoms with Crippen LogP contribution < -0.4 is 0 Å². The van der Waals surface area contributed by atoms with Crippen molar-refractivity contribution in [3.63, 3.8) is 0 Å². The standard InChI is InChI=1S/C11H13Cl/c1-8-6-7-9(8)10-4-2-3-5-11(10)12/h2-5,8-9H,6-7H2,1H3. The smallest absolute Gasteiger partial charge is 0.0440 e. The third-order valence-corrected chi connectivity index (χ3v) is 3.27. The first-order valence-corrected chi connectivity index (χ1v) is 4.91. The molecule has 2 rings (SSSR count). The van der Waals surface area contributed by atoms with E-state index in [0.717, 1.165) is 16.9 Å². The first kappa shape index (κ1) is 8.12. The summed E-state index contributed by atoms with van der Waals surface area (Å²) in [5.41, 5.74) is 1.35. The van der Waals surface area contributed by atoms with E-state index in [1.807, 2.05) is 12.1 Å². The maximum Gasteiger partial charge on any atom is 0.0440 e. The fourth-order valence-electron chi connectivity index (χ4n) is 1.90. The van der Waals surface area contributed by atoms with Gasteiger partial charge < -0.3 is 0 Å². The van der Waals surface area contributed by atoms with E-state index in [2.05, 4.69) is 19.1 Å². The molecule has 1 aromatic rings. The van der Waals surface area contributed by atoms with Crippen LogP contribution in [-0.2, 0) is 0 Å². The van der Waals surface area contributed by atoms with Crippen molar-refractivity contribution in [2.24, 2.45) is 5.92 Å². The summed E-state index contributed by atoms with van der Waals surface area (Å²) in [6, 6.07) is 8.21. The molecule has 64 valence electrons. The average molecular weight is 181 g/mol. The highest BCUT2D eigenvalue weighted by molar-refractivity contribution is 6.31. The van der Waals surface area contributed by atoms with E-state index in [9.17, 15) is 0 Å². The molecule has 0 N–H and O–H groups in total. The highest BCUT2D eigenvalue weighted by Crippen LogP contribution is 2.44. The van der Waals surface area contributed by atoms with Crippen molar-refractivity contribution in [2.75, 3.05) is 0 Å². The zero-order chi connectivity index (χ0) is 8.55. The molecule has 1 aliphatic rings. The molecule has 0 heterocycles. The van der Waals surface area contributed by atoms with E-state index in [0.29, 0.717) is 0 Å². The summed E-state index contributed by atoms with van der Waals surface area (Å²) in [6.45, 7) is 2.30. The molecule has 1 aromatic carbocycles. The number of halogens is 1. The molecule has 0 saturated heterocycles. The minimum atomic E-state index is 0.721. The molecule has 1 saturated carbocycles. The highest BCUT2D eigenvalue weighted by Gasteiger charge is 2.29. The van der Waals surface area contributed by atoms with Crippen molar-refractivity contribution in [2.45, 2.75) is 25.7 Å². The van der Waals surface area contributed by atoms with Crippen LogP contribution >= 0.6 is 11.6 Å². The number of benzene rings is 1. The molecule has 0 amide bonds. The molecule has 0 aliphatic heterocycles. The van der Waals surface area contributed by atoms with Crippen molar-refractivity contribution >= 4 is 11.6 Å². The van der Waals surface area contributed by atoms with Crippen LogP contribution in [0.3, 0.4) is 0 Å². The second-order valence-corrected chi connectivity index (χ2v) is 4.09. The van der Waals surface area contributed by atoms with E-state index in [1.54, 1.807) is 0 Å². The summed E-state index contributed by atoms with van der Waals surface area (Å²) in [4.78, 5) is 0. The van der Waals surface area contributed by atoms with Gasteiger partial charge in [0.2, 0.25) is 0 Å². The lowest BCUT2D eigenvalue weighted by molar-refractivity contribution is 0.280. The van der Waals surface area contributed by atoms with Crippen LogP contribution in [0.15, 0.2) is 24.3 Å². The van der Waals surface area contributed by atoms with E-state index >= 15 is 0 Å². The second-order valence-electron chi connectivity index (χ2n) is 3.68. The predicted molar refractivity (Wildman–Crippen MR) is 52.6 cm³/mol. The Labute approximate surface area is 78.6 Å². The minimum absolute atomic E-state index is 0.721. The summed E-state index contributed by atoms with van der Waals surface area (Å²) in [5, 5.41) is 0.939. The first-order chi connectivity index (χ1) is 5.79. The van der Waals surface area contributed by atoms with Gasteiger partial charge in [-0.2, -0.15) is 0 Å². The molecule has 0 aromatic heterocycles. The SMILES string of the molecule is CC1CCC1c1ccccc1Cl. The molecule has 1 fully saturated rings. The maximum atomic E-state index is 6.10. The summed E-state index contributed by atoms with van der Waals surface area (Å²) >= 11 is 6.10. The third kappa shape index (κ3) is 1.25. The van der Waals surface area contributed by atoms with Gasteiger partial charge in [0.15, 0.2) is 0 Å². The number of hydrogen-bond donors (Lipinski definition) is 0. The van der Waals surface area contributed by atoms with Gasteiger partial charge in [0.05, 0.1) is 0 Å². The molecule has 2 atom stereocenters. The molecule has 0 spiro atoms. The average Bonchev–Trinajstić information content (AvgIpc) is 2.06. The van der Waals surface area contributed by atoms with Gasteiger partial charge in [-0.1, -0.05) is 36.7 Å². The van der Waals surface area contributed by atoms with Crippen molar-refractivity contribution in [1.82, 2.24) is 0 Å². The lowest BCUT2D eigenvalue weighted by Gasteiger charge is -2.34. The van der Waals surface area contributed by atoms with Gasteiger partial charge in [0.25, 0.3) is 0 Å². The first-order valence-electron chi connectivity index (χ1n) is 4.53. The maximum absolute atomic E-state index is 6.10. The molecule has 0 radical (unpaired) electrons. The lowest BCUT2D eigenvalue weighted by atomic mass is 9.71. The minimum Gasteiger partial charge on any atom is -0.0840 e. The van der Waals surface area contributed by atoms with E-state index < -0.39 is 0 Å². The third-order valence-electron chi connectivity index (χ3n) is 2.92. The van der Waals surface area contributed by atoms with Crippen LogP contribution in [0, 0.1) is 5.92 Å².